The van der Waals surface area contributed by atoms with E-state index in [2.05, 4.69) is 10.1 Å². The number of nitrogens with zero attached hydrogens (tertiary/aromatic N) is 1. The second-order valence-corrected chi connectivity index (χ2v) is 10.3. The molecule has 52 heavy (non-hydrogen) atoms. The van der Waals surface area contributed by atoms with Gasteiger partial charge in [-0.15, -0.1) is 0 Å². The summed E-state index contributed by atoms with van der Waals surface area (Å²) >= 11 is 0. The van der Waals surface area contributed by atoms with E-state index in [4.69, 9.17) is 37.9 Å². The summed E-state index contributed by atoms with van der Waals surface area (Å²) in [6, 6.07) is 0. The Hall–Kier alpha value is -3.63. The number of hydrogen-bond acceptors (Lipinski definition) is 13. The zero-order valence-electron chi connectivity index (χ0n) is 28.4. The summed E-state index contributed by atoms with van der Waals surface area (Å²) in [6.45, 7) is 4.84. The molecule has 2 rings (SSSR count). The quantitative estimate of drug-likeness (QED) is 0.0219. The van der Waals surface area contributed by atoms with Crippen LogP contribution >= 0.6 is 0 Å². The SMILES string of the molecule is O=C(CCN1C(=O)C=CC1=O)NCCOCCOCCOCCOCCOCCOCCOCCOCCC(=O)Oc1c(F)c(F)c(F)c(F)c1F. The number of amides is 3. The fourth-order valence-electron chi connectivity index (χ4n) is 3.85. The first-order valence-corrected chi connectivity index (χ1v) is 16.3. The fraction of sp³-hybridized carbons (Fsp3) is 0.625. The van der Waals surface area contributed by atoms with Crippen LogP contribution in [0.4, 0.5) is 22.0 Å². The van der Waals surface area contributed by atoms with Crippen molar-refractivity contribution >= 4 is 23.7 Å². The standard InChI is InChI=1S/C32H43F5N2O13/c33-27-28(34)30(36)32(31(37)29(27)35)52-26(43)4-7-44-9-11-46-13-15-48-17-19-50-21-22-51-20-18-49-16-14-47-12-10-45-8-5-38-23(40)3-6-39-24(41)1-2-25(39)42/h1-2H,3-22H2,(H,38,40). The van der Waals surface area contributed by atoms with Gasteiger partial charge in [-0.25, -0.2) is 13.2 Å². The molecule has 0 fully saturated rings. The van der Waals surface area contributed by atoms with Gasteiger partial charge in [0.1, 0.15) is 0 Å². The minimum absolute atomic E-state index is 0.0240. The highest BCUT2D eigenvalue weighted by molar-refractivity contribution is 6.13. The molecule has 20 heteroatoms. The number of imide groups is 1. The Morgan fingerprint density at radius 1 is 0.500 bits per heavy atom. The second kappa shape index (κ2) is 27.0. The van der Waals surface area contributed by atoms with Gasteiger partial charge < -0.3 is 47.9 Å². The van der Waals surface area contributed by atoms with Crippen LogP contribution < -0.4 is 10.1 Å². The molecule has 0 bridgehead atoms. The number of hydrogen-bond donors (Lipinski definition) is 1. The number of rotatable bonds is 31. The maximum absolute atomic E-state index is 13.5. The summed E-state index contributed by atoms with van der Waals surface area (Å²) < 4.78 is 113. The molecular formula is C32H43F5N2O13. The zero-order valence-corrected chi connectivity index (χ0v) is 28.4. The molecular weight excluding hydrogens is 715 g/mol. The average molecular weight is 759 g/mol. The summed E-state index contributed by atoms with van der Waals surface area (Å²) in [7, 11) is 0. The smallest absolute Gasteiger partial charge is 0.313 e. The monoisotopic (exact) mass is 758 g/mol. The molecule has 0 aromatic heterocycles. The minimum atomic E-state index is -2.36. The van der Waals surface area contributed by atoms with Crippen LogP contribution in [0.2, 0.25) is 0 Å². The molecule has 0 spiro atoms. The third kappa shape index (κ3) is 18.2. The van der Waals surface area contributed by atoms with Crippen molar-refractivity contribution < 1.29 is 83.8 Å². The van der Waals surface area contributed by atoms with Gasteiger partial charge in [0.25, 0.3) is 11.8 Å². The number of carbonyl (C=O) groups excluding carboxylic acids is 4. The Balaban J connectivity index is 1.24. The normalized spacial score (nSPS) is 12.7. The van der Waals surface area contributed by atoms with Gasteiger partial charge in [0.05, 0.1) is 112 Å². The van der Waals surface area contributed by atoms with Crippen molar-refractivity contribution in [2.24, 2.45) is 0 Å². The largest absolute Gasteiger partial charge is 0.420 e. The van der Waals surface area contributed by atoms with Crippen molar-refractivity contribution in [3.63, 3.8) is 0 Å². The number of carbonyl (C=O) groups is 4. The van der Waals surface area contributed by atoms with E-state index in [0.29, 0.717) is 79.2 Å². The lowest BCUT2D eigenvalue weighted by atomic mass is 10.2. The van der Waals surface area contributed by atoms with Gasteiger partial charge >= 0.3 is 5.97 Å². The molecule has 15 nitrogen and oxygen atoms in total. The Morgan fingerprint density at radius 3 is 1.25 bits per heavy atom. The number of ether oxygens (including phenoxy) is 9. The van der Waals surface area contributed by atoms with E-state index < -0.39 is 59.0 Å². The van der Waals surface area contributed by atoms with Crippen molar-refractivity contribution in [3.05, 3.63) is 41.2 Å². The lowest BCUT2D eigenvalue weighted by Crippen LogP contribution is -2.35. The summed E-state index contributed by atoms with van der Waals surface area (Å²) in [5.74, 6) is -15.3. The van der Waals surface area contributed by atoms with E-state index in [1.165, 1.54) is 12.2 Å². The van der Waals surface area contributed by atoms with Crippen LogP contribution in [0.5, 0.6) is 5.75 Å². The average Bonchev–Trinajstić information content (AvgIpc) is 3.46. The second-order valence-electron chi connectivity index (χ2n) is 10.3. The van der Waals surface area contributed by atoms with Crippen LogP contribution in [0.15, 0.2) is 12.2 Å². The van der Waals surface area contributed by atoms with E-state index in [1.54, 1.807) is 0 Å². The molecule has 0 radical (unpaired) electrons. The molecule has 3 amide bonds. The molecule has 1 aliphatic rings. The third-order valence-electron chi connectivity index (χ3n) is 6.47. The zero-order chi connectivity index (χ0) is 38.0. The van der Waals surface area contributed by atoms with Crippen LogP contribution in [-0.4, -0.2) is 147 Å². The van der Waals surface area contributed by atoms with Gasteiger partial charge in [-0.2, -0.15) is 8.78 Å². The maximum Gasteiger partial charge on any atom is 0.313 e. The molecule has 0 aliphatic carbocycles. The van der Waals surface area contributed by atoms with Gasteiger partial charge in [0.2, 0.25) is 40.7 Å². The van der Waals surface area contributed by atoms with Crippen LogP contribution in [-0.2, 0) is 57.1 Å². The van der Waals surface area contributed by atoms with Crippen molar-refractivity contribution in [2.75, 3.05) is 119 Å². The minimum Gasteiger partial charge on any atom is -0.420 e. The number of benzene rings is 1. The molecule has 0 unspecified atom stereocenters. The molecule has 1 N–H and O–H groups in total. The van der Waals surface area contributed by atoms with Gasteiger partial charge in [-0.3, -0.25) is 24.1 Å². The highest BCUT2D eigenvalue weighted by Crippen LogP contribution is 2.29. The summed E-state index contributed by atoms with van der Waals surface area (Å²) in [6.07, 6.45) is 1.87. The number of nitrogens with one attached hydrogen (secondary N) is 1. The Kier molecular flexibility index (Phi) is 23.2. The predicted octanol–water partition coefficient (Wildman–Crippen LogP) is 1.24. The van der Waals surface area contributed by atoms with Gasteiger partial charge in [0.15, 0.2) is 0 Å². The summed E-state index contributed by atoms with van der Waals surface area (Å²) in [5, 5.41) is 2.65. The van der Waals surface area contributed by atoms with Crippen molar-refractivity contribution in [2.45, 2.75) is 12.8 Å². The van der Waals surface area contributed by atoms with Crippen LogP contribution in [0, 0.1) is 29.1 Å². The summed E-state index contributed by atoms with van der Waals surface area (Å²) in [5.41, 5.74) is 0. The molecule has 0 saturated carbocycles. The molecule has 0 saturated heterocycles. The predicted molar refractivity (Wildman–Crippen MR) is 167 cm³/mol. The highest BCUT2D eigenvalue weighted by atomic mass is 19.2. The first-order valence-electron chi connectivity index (χ1n) is 16.3. The maximum atomic E-state index is 13.5. The van der Waals surface area contributed by atoms with Crippen molar-refractivity contribution in [1.82, 2.24) is 10.2 Å². The van der Waals surface area contributed by atoms with Crippen molar-refractivity contribution in [1.29, 1.82) is 0 Å². The Bertz CT molecular complexity index is 1240. The molecule has 1 heterocycles. The molecule has 1 aliphatic heterocycles. The first kappa shape index (κ1) is 44.5. The molecule has 294 valence electrons. The topological polar surface area (TPSA) is 167 Å². The lowest BCUT2D eigenvalue weighted by Gasteiger charge is -2.13. The number of esters is 1. The van der Waals surface area contributed by atoms with E-state index in [9.17, 15) is 41.1 Å². The van der Waals surface area contributed by atoms with Gasteiger partial charge in [0, 0.05) is 31.7 Å². The summed E-state index contributed by atoms with van der Waals surface area (Å²) in [4.78, 5) is 47.3. The van der Waals surface area contributed by atoms with Crippen molar-refractivity contribution in [3.8, 4) is 5.75 Å². The Morgan fingerprint density at radius 2 is 0.846 bits per heavy atom. The Labute approximate surface area is 296 Å². The van der Waals surface area contributed by atoms with Crippen LogP contribution in [0.3, 0.4) is 0 Å². The van der Waals surface area contributed by atoms with Gasteiger partial charge in [-0.1, -0.05) is 0 Å². The lowest BCUT2D eigenvalue weighted by molar-refractivity contribution is -0.138. The molecule has 1 aromatic carbocycles. The van der Waals surface area contributed by atoms with E-state index in [-0.39, 0.29) is 51.9 Å². The van der Waals surface area contributed by atoms with E-state index in [1.807, 2.05) is 0 Å². The van der Waals surface area contributed by atoms with E-state index in [0.717, 1.165) is 4.90 Å². The van der Waals surface area contributed by atoms with Crippen LogP contribution in [0.1, 0.15) is 12.8 Å². The molecule has 1 aromatic rings. The van der Waals surface area contributed by atoms with Crippen LogP contribution in [0.25, 0.3) is 0 Å². The fourth-order valence-corrected chi connectivity index (χ4v) is 3.85. The first-order chi connectivity index (χ1) is 25.1. The molecule has 0 atom stereocenters. The van der Waals surface area contributed by atoms with E-state index >= 15 is 0 Å². The van der Waals surface area contributed by atoms with Gasteiger partial charge in [-0.05, 0) is 0 Å². The number of halogens is 5. The highest BCUT2D eigenvalue weighted by Gasteiger charge is 2.28. The third-order valence-corrected chi connectivity index (χ3v) is 6.47.